The van der Waals surface area contributed by atoms with Crippen molar-refractivity contribution in [3.8, 4) is 0 Å². The van der Waals surface area contributed by atoms with Crippen LogP contribution in [0.4, 0.5) is 0 Å². The molecule has 0 aromatic rings. The van der Waals surface area contributed by atoms with Gasteiger partial charge in [-0.25, -0.2) is 0 Å². The topological polar surface area (TPSA) is 65.1 Å². The van der Waals surface area contributed by atoms with Crippen molar-refractivity contribution >= 4 is 11.9 Å². The minimum atomic E-state index is -0.908. The molecule has 0 aromatic heterocycles. The van der Waals surface area contributed by atoms with Gasteiger partial charge in [-0.3, -0.25) is 9.59 Å². The van der Waals surface area contributed by atoms with Crippen molar-refractivity contribution < 1.29 is 23.8 Å². The Morgan fingerprint density at radius 1 is 1.35 bits per heavy atom. The van der Waals surface area contributed by atoms with Crippen LogP contribution in [0.1, 0.15) is 33.1 Å². The summed E-state index contributed by atoms with van der Waals surface area (Å²) in [5, 5.41) is 0. The van der Waals surface area contributed by atoms with Gasteiger partial charge >= 0.3 is 5.97 Å². The SMILES string of the molecule is COC(=O)CCN(CC1CCCO1)C(=O)C(C)(C)OC. The molecule has 1 aliphatic heterocycles. The van der Waals surface area contributed by atoms with Crippen molar-refractivity contribution in [2.24, 2.45) is 0 Å². The third-order valence-electron chi connectivity index (χ3n) is 3.57. The molecule has 0 aliphatic carbocycles. The normalized spacial score (nSPS) is 18.9. The summed E-state index contributed by atoms with van der Waals surface area (Å²) in [6.07, 6.45) is 2.17. The molecule has 0 saturated carbocycles. The fourth-order valence-electron chi connectivity index (χ4n) is 2.11. The highest BCUT2D eigenvalue weighted by atomic mass is 16.5. The molecular formula is C14H25NO5. The Kier molecular flexibility index (Phi) is 6.42. The summed E-state index contributed by atoms with van der Waals surface area (Å²) in [4.78, 5) is 25.4. The summed E-state index contributed by atoms with van der Waals surface area (Å²) in [6.45, 7) is 4.98. The minimum Gasteiger partial charge on any atom is -0.469 e. The first-order valence-electron chi connectivity index (χ1n) is 6.93. The maximum Gasteiger partial charge on any atom is 0.307 e. The highest BCUT2D eigenvalue weighted by Crippen LogP contribution is 2.18. The third-order valence-corrected chi connectivity index (χ3v) is 3.57. The standard InChI is InChI=1S/C14H25NO5/c1-14(2,19-4)13(17)15(8-7-12(16)18-3)10-11-6-5-9-20-11/h11H,5-10H2,1-4H3. The zero-order valence-electron chi connectivity index (χ0n) is 12.8. The summed E-state index contributed by atoms with van der Waals surface area (Å²) >= 11 is 0. The highest BCUT2D eigenvalue weighted by Gasteiger charge is 2.33. The van der Waals surface area contributed by atoms with Crippen LogP contribution in [0.15, 0.2) is 0 Å². The van der Waals surface area contributed by atoms with E-state index in [2.05, 4.69) is 4.74 Å². The molecule has 1 amide bonds. The molecule has 6 nitrogen and oxygen atoms in total. The largest absolute Gasteiger partial charge is 0.469 e. The van der Waals surface area contributed by atoms with Crippen molar-refractivity contribution in [2.75, 3.05) is 33.9 Å². The number of ether oxygens (including phenoxy) is 3. The molecule has 1 atom stereocenters. The van der Waals surface area contributed by atoms with Gasteiger partial charge in [0.05, 0.1) is 19.6 Å². The monoisotopic (exact) mass is 287 g/mol. The van der Waals surface area contributed by atoms with Crippen LogP contribution in [-0.4, -0.2) is 62.4 Å². The van der Waals surface area contributed by atoms with E-state index in [0.29, 0.717) is 13.1 Å². The number of carbonyl (C=O) groups is 2. The Bertz CT molecular complexity index is 336. The summed E-state index contributed by atoms with van der Waals surface area (Å²) in [7, 11) is 2.84. The van der Waals surface area contributed by atoms with E-state index >= 15 is 0 Å². The lowest BCUT2D eigenvalue weighted by Crippen LogP contribution is -2.49. The molecule has 116 valence electrons. The molecule has 6 heteroatoms. The van der Waals surface area contributed by atoms with Gasteiger partial charge in [0.1, 0.15) is 5.60 Å². The minimum absolute atomic E-state index is 0.0456. The van der Waals surface area contributed by atoms with Crippen LogP contribution in [0.5, 0.6) is 0 Å². The Hall–Kier alpha value is -1.14. The van der Waals surface area contributed by atoms with E-state index in [0.717, 1.165) is 19.4 Å². The van der Waals surface area contributed by atoms with Gasteiger partial charge in [0.15, 0.2) is 0 Å². The van der Waals surface area contributed by atoms with Crippen LogP contribution in [-0.2, 0) is 23.8 Å². The maximum absolute atomic E-state index is 12.5. The zero-order chi connectivity index (χ0) is 15.2. The van der Waals surface area contributed by atoms with Crippen LogP contribution < -0.4 is 0 Å². The van der Waals surface area contributed by atoms with E-state index in [1.807, 2.05) is 0 Å². The van der Waals surface area contributed by atoms with E-state index in [4.69, 9.17) is 9.47 Å². The second-order valence-corrected chi connectivity index (χ2v) is 5.43. The van der Waals surface area contributed by atoms with Crippen LogP contribution in [0.25, 0.3) is 0 Å². The zero-order valence-corrected chi connectivity index (χ0v) is 12.8. The lowest BCUT2D eigenvalue weighted by molar-refractivity contribution is -0.153. The van der Waals surface area contributed by atoms with Crippen molar-refractivity contribution in [3.05, 3.63) is 0 Å². The van der Waals surface area contributed by atoms with E-state index in [1.165, 1.54) is 14.2 Å². The predicted molar refractivity (Wildman–Crippen MR) is 73.3 cm³/mol. The molecule has 0 N–H and O–H groups in total. The van der Waals surface area contributed by atoms with Crippen LogP contribution >= 0.6 is 0 Å². The van der Waals surface area contributed by atoms with Gasteiger partial charge in [0.2, 0.25) is 0 Å². The number of nitrogens with zero attached hydrogens (tertiary/aromatic N) is 1. The number of amides is 1. The van der Waals surface area contributed by atoms with Crippen LogP contribution in [0.2, 0.25) is 0 Å². The van der Waals surface area contributed by atoms with E-state index in [1.54, 1.807) is 18.7 Å². The highest BCUT2D eigenvalue weighted by molar-refractivity contribution is 5.84. The lowest BCUT2D eigenvalue weighted by atomic mass is 10.1. The van der Waals surface area contributed by atoms with Crippen molar-refractivity contribution in [3.63, 3.8) is 0 Å². The fraction of sp³-hybridized carbons (Fsp3) is 0.857. The molecule has 20 heavy (non-hydrogen) atoms. The second kappa shape index (κ2) is 7.59. The molecule has 1 heterocycles. The molecule has 0 radical (unpaired) electrons. The second-order valence-electron chi connectivity index (χ2n) is 5.43. The molecule has 1 aliphatic rings. The number of methoxy groups -OCH3 is 2. The van der Waals surface area contributed by atoms with Crippen molar-refractivity contribution in [2.45, 2.75) is 44.8 Å². The molecule has 1 rings (SSSR count). The number of esters is 1. The first kappa shape index (κ1) is 16.9. The van der Waals surface area contributed by atoms with Gasteiger partial charge in [-0.1, -0.05) is 0 Å². The average molecular weight is 287 g/mol. The quantitative estimate of drug-likeness (QED) is 0.653. The molecule has 1 saturated heterocycles. The smallest absolute Gasteiger partial charge is 0.307 e. The first-order valence-corrected chi connectivity index (χ1v) is 6.93. The molecule has 0 spiro atoms. The van der Waals surface area contributed by atoms with Crippen molar-refractivity contribution in [1.29, 1.82) is 0 Å². The Morgan fingerprint density at radius 2 is 2.05 bits per heavy atom. The Morgan fingerprint density at radius 3 is 2.55 bits per heavy atom. The van der Waals surface area contributed by atoms with Gasteiger partial charge < -0.3 is 19.1 Å². The van der Waals surface area contributed by atoms with Gasteiger partial charge in [-0.05, 0) is 26.7 Å². The van der Waals surface area contributed by atoms with Crippen LogP contribution in [0.3, 0.4) is 0 Å². The van der Waals surface area contributed by atoms with E-state index in [9.17, 15) is 9.59 Å². The summed E-state index contributed by atoms with van der Waals surface area (Å²) in [5.41, 5.74) is -0.908. The molecule has 0 bridgehead atoms. The molecular weight excluding hydrogens is 262 g/mol. The summed E-state index contributed by atoms with van der Waals surface area (Å²) < 4.78 is 15.4. The van der Waals surface area contributed by atoms with E-state index < -0.39 is 5.60 Å². The summed E-state index contributed by atoms with van der Waals surface area (Å²) in [6, 6.07) is 0. The van der Waals surface area contributed by atoms with Gasteiger partial charge in [0, 0.05) is 26.8 Å². The number of carbonyl (C=O) groups excluding carboxylic acids is 2. The number of rotatable bonds is 7. The Labute approximate surface area is 120 Å². The van der Waals surface area contributed by atoms with Crippen molar-refractivity contribution in [1.82, 2.24) is 4.90 Å². The average Bonchev–Trinajstić information content (AvgIpc) is 2.95. The first-order chi connectivity index (χ1) is 9.40. The lowest BCUT2D eigenvalue weighted by Gasteiger charge is -2.32. The molecule has 0 aromatic carbocycles. The Balaban J connectivity index is 2.66. The maximum atomic E-state index is 12.5. The van der Waals surface area contributed by atoms with Gasteiger partial charge in [-0.15, -0.1) is 0 Å². The molecule has 1 unspecified atom stereocenters. The fourth-order valence-corrected chi connectivity index (χ4v) is 2.11. The number of hydrogen-bond acceptors (Lipinski definition) is 5. The van der Waals surface area contributed by atoms with E-state index in [-0.39, 0.29) is 24.4 Å². The number of hydrogen-bond donors (Lipinski definition) is 0. The predicted octanol–water partition coefficient (Wildman–Crippen LogP) is 0.982. The van der Waals surface area contributed by atoms with Gasteiger partial charge in [0.25, 0.3) is 5.91 Å². The molecule has 1 fully saturated rings. The van der Waals surface area contributed by atoms with Crippen LogP contribution in [0, 0.1) is 0 Å². The summed E-state index contributed by atoms with van der Waals surface area (Å²) in [5.74, 6) is -0.468. The van der Waals surface area contributed by atoms with Gasteiger partial charge in [-0.2, -0.15) is 0 Å². The third kappa shape index (κ3) is 4.76.